The zero-order chi connectivity index (χ0) is 10.4. The Labute approximate surface area is 91.1 Å². The molecule has 1 aromatic rings. The quantitative estimate of drug-likeness (QED) is 0.806. The lowest BCUT2D eigenvalue weighted by Gasteiger charge is -2.19. The molecule has 0 saturated carbocycles. The molecule has 0 heterocycles. The fourth-order valence-corrected chi connectivity index (χ4v) is 2.33. The van der Waals surface area contributed by atoms with E-state index in [1.807, 2.05) is 30.0 Å². The minimum absolute atomic E-state index is 0.160. The van der Waals surface area contributed by atoms with E-state index in [0.717, 1.165) is 0 Å². The van der Waals surface area contributed by atoms with Crippen molar-refractivity contribution in [3.63, 3.8) is 0 Å². The summed E-state index contributed by atoms with van der Waals surface area (Å²) >= 11 is 1.95. The highest BCUT2D eigenvalue weighted by molar-refractivity contribution is 7.99. The smallest absolute Gasteiger partial charge is 0.0412 e. The molecule has 0 aliphatic carbocycles. The summed E-state index contributed by atoms with van der Waals surface area (Å²) < 4.78 is 0. The SMILES string of the molecule is CCCSC(C)C(N)c1ccccc1. The topological polar surface area (TPSA) is 26.0 Å². The summed E-state index contributed by atoms with van der Waals surface area (Å²) in [6.07, 6.45) is 1.22. The molecular formula is C12H19NS. The van der Waals surface area contributed by atoms with Crippen molar-refractivity contribution in [3.8, 4) is 0 Å². The monoisotopic (exact) mass is 209 g/mol. The van der Waals surface area contributed by atoms with E-state index in [1.54, 1.807) is 0 Å². The van der Waals surface area contributed by atoms with Crippen molar-refractivity contribution >= 4 is 11.8 Å². The Kier molecular flexibility index (Phi) is 5.05. The maximum absolute atomic E-state index is 6.16. The number of thioether (sulfide) groups is 1. The largest absolute Gasteiger partial charge is 0.323 e. The fraction of sp³-hybridized carbons (Fsp3) is 0.500. The molecule has 1 aromatic carbocycles. The Bertz CT molecular complexity index is 248. The molecule has 1 rings (SSSR count). The van der Waals surface area contributed by atoms with Crippen LogP contribution in [0.2, 0.25) is 0 Å². The lowest BCUT2D eigenvalue weighted by molar-refractivity contribution is 0.714. The van der Waals surface area contributed by atoms with E-state index in [1.165, 1.54) is 17.7 Å². The molecule has 1 nitrogen and oxygen atoms in total. The Balaban J connectivity index is 2.52. The molecule has 2 heteroatoms. The van der Waals surface area contributed by atoms with E-state index in [4.69, 9.17) is 5.73 Å². The van der Waals surface area contributed by atoms with Crippen LogP contribution in [0.4, 0.5) is 0 Å². The van der Waals surface area contributed by atoms with Crippen LogP contribution in [0, 0.1) is 0 Å². The van der Waals surface area contributed by atoms with Gasteiger partial charge in [-0.05, 0) is 17.7 Å². The van der Waals surface area contributed by atoms with Crippen molar-refractivity contribution < 1.29 is 0 Å². The summed E-state index contributed by atoms with van der Waals surface area (Å²) in [5.74, 6) is 1.20. The van der Waals surface area contributed by atoms with E-state index < -0.39 is 0 Å². The van der Waals surface area contributed by atoms with Crippen molar-refractivity contribution in [1.82, 2.24) is 0 Å². The molecule has 2 atom stereocenters. The normalized spacial score (nSPS) is 15.1. The summed E-state index contributed by atoms with van der Waals surface area (Å²) in [6, 6.07) is 10.5. The van der Waals surface area contributed by atoms with Crippen LogP contribution in [0.3, 0.4) is 0 Å². The first kappa shape index (κ1) is 11.6. The molecule has 0 radical (unpaired) electrons. The molecular weight excluding hydrogens is 190 g/mol. The fourth-order valence-electron chi connectivity index (χ4n) is 1.35. The van der Waals surface area contributed by atoms with Crippen molar-refractivity contribution in [3.05, 3.63) is 35.9 Å². The molecule has 0 aromatic heterocycles. The van der Waals surface area contributed by atoms with Gasteiger partial charge in [0.25, 0.3) is 0 Å². The van der Waals surface area contributed by atoms with E-state index in [0.29, 0.717) is 5.25 Å². The molecule has 0 aliphatic rings. The second-order valence-electron chi connectivity index (χ2n) is 3.51. The van der Waals surface area contributed by atoms with Crippen LogP contribution in [0.1, 0.15) is 31.9 Å². The zero-order valence-electron chi connectivity index (χ0n) is 8.94. The van der Waals surface area contributed by atoms with Gasteiger partial charge in [0.1, 0.15) is 0 Å². The number of hydrogen-bond donors (Lipinski definition) is 1. The third-order valence-corrected chi connectivity index (χ3v) is 3.74. The maximum Gasteiger partial charge on any atom is 0.0412 e. The molecule has 2 N–H and O–H groups in total. The highest BCUT2D eigenvalue weighted by Gasteiger charge is 2.13. The molecule has 14 heavy (non-hydrogen) atoms. The first-order valence-electron chi connectivity index (χ1n) is 5.17. The summed E-state index contributed by atoms with van der Waals surface area (Å²) in [5.41, 5.74) is 7.40. The van der Waals surface area contributed by atoms with E-state index in [2.05, 4.69) is 26.0 Å². The summed E-state index contributed by atoms with van der Waals surface area (Å²) in [4.78, 5) is 0. The summed E-state index contributed by atoms with van der Waals surface area (Å²) in [7, 11) is 0. The number of hydrogen-bond acceptors (Lipinski definition) is 2. The van der Waals surface area contributed by atoms with Crippen LogP contribution in [-0.4, -0.2) is 11.0 Å². The highest BCUT2D eigenvalue weighted by atomic mass is 32.2. The molecule has 0 saturated heterocycles. The molecule has 0 aliphatic heterocycles. The van der Waals surface area contributed by atoms with Crippen LogP contribution in [0.25, 0.3) is 0 Å². The number of nitrogens with two attached hydrogens (primary N) is 1. The summed E-state index contributed by atoms with van der Waals surface area (Å²) in [5, 5.41) is 0.498. The van der Waals surface area contributed by atoms with Crippen molar-refractivity contribution in [1.29, 1.82) is 0 Å². The number of rotatable bonds is 5. The molecule has 0 spiro atoms. The Morgan fingerprint density at radius 3 is 2.50 bits per heavy atom. The first-order chi connectivity index (χ1) is 6.75. The van der Waals surface area contributed by atoms with Crippen LogP contribution in [0.5, 0.6) is 0 Å². The van der Waals surface area contributed by atoms with Gasteiger partial charge < -0.3 is 5.73 Å². The molecule has 0 fully saturated rings. The van der Waals surface area contributed by atoms with Crippen LogP contribution in [-0.2, 0) is 0 Å². The van der Waals surface area contributed by atoms with Gasteiger partial charge in [0.05, 0.1) is 0 Å². The predicted molar refractivity (Wildman–Crippen MR) is 65.6 cm³/mol. The second-order valence-corrected chi connectivity index (χ2v) is 5.00. The van der Waals surface area contributed by atoms with E-state index in [9.17, 15) is 0 Å². The second kappa shape index (κ2) is 6.10. The van der Waals surface area contributed by atoms with Gasteiger partial charge in [-0.25, -0.2) is 0 Å². The van der Waals surface area contributed by atoms with Gasteiger partial charge in [0.15, 0.2) is 0 Å². The average Bonchev–Trinajstić information content (AvgIpc) is 2.26. The third-order valence-electron chi connectivity index (χ3n) is 2.28. The molecule has 0 amide bonds. The van der Waals surface area contributed by atoms with Gasteiger partial charge in [0, 0.05) is 11.3 Å². The third kappa shape index (κ3) is 3.35. The minimum atomic E-state index is 0.160. The van der Waals surface area contributed by atoms with Crippen LogP contribution in [0.15, 0.2) is 30.3 Å². The lowest BCUT2D eigenvalue weighted by atomic mass is 10.1. The van der Waals surface area contributed by atoms with Crippen LogP contribution >= 0.6 is 11.8 Å². The predicted octanol–water partition coefficient (Wildman–Crippen LogP) is 3.22. The lowest BCUT2D eigenvalue weighted by Crippen LogP contribution is -2.21. The van der Waals surface area contributed by atoms with Gasteiger partial charge in [-0.15, -0.1) is 0 Å². The van der Waals surface area contributed by atoms with E-state index in [-0.39, 0.29) is 6.04 Å². The van der Waals surface area contributed by atoms with Gasteiger partial charge >= 0.3 is 0 Å². The van der Waals surface area contributed by atoms with Gasteiger partial charge in [-0.2, -0.15) is 11.8 Å². The molecule has 0 bridgehead atoms. The van der Waals surface area contributed by atoms with E-state index >= 15 is 0 Å². The molecule has 2 unspecified atom stereocenters. The average molecular weight is 209 g/mol. The first-order valence-corrected chi connectivity index (χ1v) is 6.22. The van der Waals surface area contributed by atoms with Gasteiger partial charge in [-0.3, -0.25) is 0 Å². The van der Waals surface area contributed by atoms with Gasteiger partial charge in [0.2, 0.25) is 0 Å². The maximum atomic E-state index is 6.16. The Morgan fingerprint density at radius 1 is 1.29 bits per heavy atom. The molecule has 78 valence electrons. The van der Waals surface area contributed by atoms with Crippen molar-refractivity contribution in [2.45, 2.75) is 31.6 Å². The number of benzene rings is 1. The minimum Gasteiger partial charge on any atom is -0.323 e. The van der Waals surface area contributed by atoms with Crippen molar-refractivity contribution in [2.75, 3.05) is 5.75 Å². The Hall–Kier alpha value is -0.470. The highest BCUT2D eigenvalue weighted by Crippen LogP contribution is 2.24. The summed E-state index contributed by atoms with van der Waals surface area (Å²) in [6.45, 7) is 4.41. The van der Waals surface area contributed by atoms with Crippen LogP contribution < -0.4 is 5.73 Å². The standard InChI is InChI=1S/C12H19NS/c1-3-9-14-10(2)12(13)11-7-5-4-6-8-11/h4-8,10,12H,3,9,13H2,1-2H3. The van der Waals surface area contributed by atoms with Gasteiger partial charge in [-0.1, -0.05) is 44.2 Å². The Morgan fingerprint density at radius 2 is 1.93 bits per heavy atom. The zero-order valence-corrected chi connectivity index (χ0v) is 9.76. The van der Waals surface area contributed by atoms with Crippen molar-refractivity contribution in [2.24, 2.45) is 5.73 Å².